The van der Waals surface area contributed by atoms with Gasteiger partial charge in [-0.2, -0.15) is 0 Å². The first kappa shape index (κ1) is 24.0. The van der Waals surface area contributed by atoms with Gasteiger partial charge in [-0.15, -0.1) is 0 Å². The Morgan fingerprint density at radius 3 is 2.23 bits per heavy atom. The summed E-state index contributed by atoms with van der Waals surface area (Å²) in [7, 11) is 1.42. The number of benzene rings is 3. The van der Waals surface area contributed by atoms with Gasteiger partial charge < -0.3 is 25.2 Å². The number of fused-ring (bicyclic) bond motifs is 3. The third kappa shape index (κ3) is 5.67. The highest BCUT2D eigenvalue weighted by molar-refractivity contribution is 5.96. The molecular formula is C27H26N2O6. The number of nitrogens with one attached hydrogen (secondary N) is 2. The van der Waals surface area contributed by atoms with Crippen LogP contribution >= 0.6 is 0 Å². The van der Waals surface area contributed by atoms with Gasteiger partial charge in [0.1, 0.15) is 12.6 Å². The van der Waals surface area contributed by atoms with Crippen LogP contribution in [0.4, 0.5) is 10.5 Å². The predicted molar refractivity (Wildman–Crippen MR) is 130 cm³/mol. The minimum atomic E-state index is -1.00. The van der Waals surface area contributed by atoms with Crippen LogP contribution < -0.4 is 10.6 Å². The molecule has 2 amide bonds. The quantitative estimate of drug-likeness (QED) is 0.435. The first-order valence-electron chi connectivity index (χ1n) is 11.2. The maximum Gasteiger partial charge on any atom is 0.407 e. The molecule has 180 valence electrons. The van der Waals surface area contributed by atoms with E-state index in [0.717, 1.165) is 22.3 Å². The van der Waals surface area contributed by atoms with Gasteiger partial charge in [-0.25, -0.2) is 4.79 Å². The standard InChI is InChI=1S/C27H26N2O6/c1-34-16-24(26(32)28-18-8-6-7-17(13-18)14-25(30)31)29-27(33)35-15-23-21-11-4-2-9-19(21)20-10-3-5-12-22(20)23/h2-13,23-24H,14-16H2,1H3,(H,28,32)(H,29,33)(H,30,31). The van der Waals surface area contributed by atoms with Crippen molar-refractivity contribution in [1.82, 2.24) is 5.32 Å². The lowest BCUT2D eigenvalue weighted by Gasteiger charge is -2.19. The van der Waals surface area contributed by atoms with Gasteiger partial charge >= 0.3 is 12.1 Å². The molecule has 1 aliphatic carbocycles. The number of ether oxygens (including phenoxy) is 2. The zero-order chi connectivity index (χ0) is 24.8. The third-order valence-electron chi connectivity index (χ3n) is 5.84. The number of rotatable bonds is 9. The maximum atomic E-state index is 12.8. The largest absolute Gasteiger partial charge is 0.481 e. The van der Waals surface area contributed by atoms with Gasteiger partial charge in [-0.05, 0) is 39.9 Å². The topological polar surface area (TPSA) is 114 Å². The molecule has 1 unspecified atom stereocenters. The fourth-order valence-corrected chi connectivity index (χ4v) is 4.29. The first-order chi connectivity index (χ1) is 17.0. The van der Waals surface area contributed by atoms with Crippen LogP contribution in [0, 0.1) is 0 Å². The summed E-state index contributed by atoms with van der Waals surface area (Å²) in [5.41, 5.74) is 5.40. The molecular weight excluding hydrogens is 448 g/mol. The molecule has 4 rings (SSSR count). The second-order valence-corrected chi connectivity index (χ2v) is 8.24. The average molecular weight is 475 g/mol. The van der Waals surface area contributed by atoms with Gasteiger partial charge in [-0.3, -0.25) is 9.59 Å². The monoisotopic (exact) mass is 474 g/mol. The summed E-state index contributed by atoms with van der Waals surface area (Å²) in [6.07, 6.45) is -0.896. The van der Waals surface area contributed by atoms with Crippen molar-refractivity contribution in [3.63, 3.8) is 0 Å². The van der Waals surface area contributed by atoms with E-state index in [1.54, 1.807) is 24.3 Å². The number of carboxylic acids is 1. The van der Waals surface area contributed by atoms with Crippen LogP contribution in [0.1, 0.15) is 22.6 Å². The first-order valence-corrected chi connectivity index (χ1v) is 11.2. The number of carbonyl (C=O) groups is 3. The smallest absolute Gasteiger partial charge is 0.407 e. The van der Waals surface area contributed by atoms with E-state index < -0.39 is 24.0 Å². The molecule has 0 spiro atoms. The van der Waals surface area contributed by atoms with Gasteiger partial charge in [0.05, 0.1) is 13.0 Å². The third-order valence-corrected chi connectivity index (χ3v) is 5.84. The Kier molecular flexibility index (Phi) is 7.42. The Hall–Kier alpha value is -4.17. The lowest BCUT2D eigenvalue weighted by Crippen LogP contribution is -2.47. The summed E-state index contributed by atoms with van der Waals surface area (Å²) < 4.78 is 10.6. The number of aliphatic carboxylic acids is 1. The minimum Gasteiger partial charge on any atom is -0.481 e. The highest BCUT2D eigenvalue weighted by Gasteiger charge is 2.29. The summed E-state index contributed by atoms with van der Waals surface area (Å²) in [6.45, 7) is 0.0588. The summed E-state index contributed by atoms with van der Waals surface area (Å²) in [4.78, 5) is 36.3. The molecule has 0 aromatic heterocycles. The van der Waals surface area contributed by atoms with E-state index in [-0.39, 0.29) is 25.6 Å². The number of carboxylic acid groups (broad SMARTS) is 1. The average Bonchev–Trinajstić information content (AvgIpc) is 3.16. The Labute approximate surface area is 202 Å². The molecule has 3 aromatic carbocycles. The Morgan fingerprint density at radius 1 is 0.943 bits per heavy atom. The van der Waals surface area contributed by atoms with Crippen molar-refractivity contribution in [3.8, 4) is 11.1 Å². The predicted octanol–water partition coefficient (Wildman–Crippen LogP) is 3.81. The van der Waals surface area contributed by atoms with Crippen LogP contribution in [0.3, 0.4) is 0 Å². The van der Waals surface area contributed by atoms with Crippen LogP contribution in [0.15, 0.2) is 72.8 Å². The van der Waals surface area contributed by atoms with E-state index in [9.17, 15) is 14.4 Å². The second kappa shape index (κ2) is 10.8. The Bertz CT molecular complexity index is 1200. The summed E-state index contributed by atoms with van der Waals surface area (Å²) in [5.74, 6) is -1.57. The lowest BCUT2D eigenvalue weighted by molar-refractivity contribution is -0.136. The number of alkyl carbamates (subject to hydrolysis) is 1. The molecule has 3 N–H and O–H groups in total. The van der Waals surface area contributed by atoms with Crippen LogP contribution in [-0.2, 0) is 25.5 Å². The molecule has 0 heterocycles. The molecule has 0 aliphatic heterocycles. The van der Waals surface area contributed by atoms with Crippen LogP contribution in [0.5, 0.6) is 0 Å². The molecule has 1 atom stereocenters. The highest BCUT2D eigenvalue weighted by atomic mass is 16.5. The van der Waals surface area contributed by atoms with Crippen molar-refractivity contribution < 1.29 is 29.0 Å². The van der Waals surface area contributed by atoms with E-state index in [2.05, 4.69) is 22.8 Å². The molecule has 35 heavy (non-hydrogen) atoms. The zero-order valence-corrected chi connectivity index (χ0v) is 19.2. The minimum absolute atomic E-state index is 0.0646. The van der Waals surface area contributed by atoms with Gasteiger partial charge in [0.25, 0.3) is 0 Å². The van der Waals surface area contributed by atoms with Crippen molar-refractivity contribution in [2.75, 3.05) is 25.6 Å². The molecule has 1 aliphatic rings. The maximum absolute atomic E-state index is 12.8. The fourth-order valence-electron chi connectivity index (χ4n) is 4.29. The summed E-state index contributed by atoms with van der Waals surface area (Å²) in [6, 6.07) is 21.6. The number of anilines is 1. The van der Waals surface area contributed by atoms with Crippen molar-refractivity contribution in [2.45, 2.75) is 18.4 Å². The molecule has 0 radical (unpaired) electrons. The molecule has 0 saturated heterocycles. The second-order valence-electron chi connectivity index (χ2n) is 8.24. The number of amides is 2. The number of methoxy groups -OCH3 is 1. The normalized spacial score (nSPS) is 12.8. The van der Waals surface area contributed by atoms with Crippen LogP contribution in [0.25, 0.3) is 11.1 Å². The summed E-state index contributed by atoms with van der Waals surface area (Å²) >= 11 is 0. The summed E-state index contributed by atoms with van der Waals surface area (Å²) in [5, 5.41) is 14.2. The van der Waals surface area contributed by atoms with E-state index in [4.69, 9.17) is 14.6 Å². The molecule has 0 saturated carbocycles. The van der Waals surface area contributed by atoms with Crippen LogP contribution in [-0.4, -0.2) is 49.4 Å². The van der Waals surface area contributed by atoms with Crippen molar-refractivity contribution in [1.29, 1.82) is 0 Å². The number of hydrogen-bond acceptors (Lipinski definition) is 5. The molecule has 3 aromatic rings. The van der Waals surface area contributed by atoms with Gasteiger partial charge in [0.2, 0.25) is 5.91 Å². The van der Waals surface area contributed by atoms with Crippen molar-refractivity contribution in [3.05, 3.63) is 89.5 Å². The SMILES string of the molecule is COCC(NC(=O)OCC1c2ccccc2-c2ccccc21)C(=O)Nc1cccc(CC(=O)O)c1. The molecule has 0 bridgehead atoms. The van der Waals surface area contributed by atoms with Crippen molar-refractivity contribution in [2.24, 2.45) is 0 Å². The van der Waals surface area contributed by atoms with Crippen molar-refractivity contribution >= 4 is 23.7 Å². The Balaban J connectivity index is 1.39. The van der Waals surface area contributed by atoms with E-state index in [1.165, 1.54) is 7.11 Å². The molecule has 8 heteroatoms. The Morgan fingerprint density at radius 2 is 1.60 bits per heavy atom. The molecule has 0 fully saturated rings. The van der Waals surface area contributed by atoms with E-state index >= 15 is 0 Å². The van der Waals surface area contributed by atoms with Crippen LogP contribution in [0.2, 0.25) is 0 Å². The lowest BCUT2D eigenvalue weighted by atomic mass is 9.98. The number of carbonyl (C=O) groups excluding carboxylic acids is 2. The van der Waals surface area contributed by atoms with E-state index in [0.29, 0.717) is 11.3 Å². The molecule has 8 nitrogen and oxygen atoms in total. The fraction of sp³-hybridized carbons (Fsp3) is 0.222. The van der Waals surface area contributed by atoms with E-state index in [1.807, 2.05) is 36.4 Å². The van der Waals surface area contributed by atoms with Gasteiger partial charge in [0, 0.05) is 18.7 Å². The zero-order valence-electron chi connectivity index (χ0n) is 19.2. The highest BCUT2D eigenvalue weighted by Crippen LogP contribution is 2.44. The number of hydrogen-bond donors (Lipinski definition) is 3. The van der Waals surface area contributed by atoms with Gasteiger partial charge in [0.15, 0.2) is 0 Å². The van der Waals surface area contributed by atoms with Gasteiger partial charge in [-0.1, -0.05) is 60.7 Å².